The lowest BCUT2D eigenvalue weighted by Crippen LogP contribution is -2.10. The zero-order chi connectivity index (χ0) is 17.5. The number of halogens is 1. The van der Waals surface area contributed by atoms with Gasteiger partial charge in [0.15, 0.2) is 0 Å². The molecule has 0 saturated carbocycles. The van der Waals surface area contributed by atoms with Crippen molar-refractivity contribution in [3.05, 3.63) is 60.5 Å². The van der Waals surface area contributed by atoms with E-state index in [0.717, 1.165) is 10.6 Å². The summed E-state index contributed by atoms with van der Waals surface area (Å²) >= 11 is 1.58. The van der Waals surface area contributed by atoms with Crippen molar-refractivity contribution in [3.8, 4) is 16.3 Å². The minimum absolute atomic E-state index is 0.160. The number of thiazole rings is 1. The molecule has 1 aromatic heterocycles. The van der Waals surface area contributed by atoms with E-state index in [9.17, 15) is 4.39 Å². The van der Waals surface area contributed by atoms with Gasteiger partial charge >= 0.3 is 0 Å². The van der Waals surface area contributed by atoms with Crippen molar-refractivity contribution >= 4 is 11.3 Å². The summed E-state index contributed by atoms with van der Waals surface area (Å²) in [6.07, 6.45) is 3.51. The zero-order valence-electron chi connectivity index (χ0n) is 13.5. The van der Waals surface area contributed by atoms with E-state index in [1.54, 1.807) is 17.5 Å². The van der Waals surface area contributed by atoms with Gasteiger partial charge in [-0.25, -0.2) is 9.37 Å². The number of rotatable bonds is 5. The monoisotopic (exact) mass is 337 g/mol. The third-order valence-corrected chi connectivity index (χ3v) is 3.20. The van der Waals surface area contributed by atoms with Crippen LogP contribution in [-0.4, -0.2) is 18.1 Å². The predicted octanol–water partition coefficient (Wildman–Crippen LogP) is 4.12. The number of nitrogens with two attached hydrogens (primary N) is 2. The number of hydrogen-bond acceptors (Lipinski definition) is 5. The smallest absolute Gasteiger partial charge is 0.123 e. The second-order valence-electron chi connectivity index (χ2n) is 3.86. The first-order valence-electron chi connectivity index (χ1n) is 7.18. The summed E-state index contributed by atoms with van der Waals surface area (Å²) < 4.78 is 17.7. The van der Waals surface area contributed by atoms with Crippen LogP contribution in [0.5, 0.6) is 5.75 Å². The number of aromatic nitrogens is 1. The van der Waals surface area contributed by atoms with E-state index in [1.807, 2.05) is 43.5 Å². The summed E-state index contributed by atoms with van der Waals surface area (Å²) in [6.45, 7) is 7.47. The van der Waals surface area contributed by atoms with Gasteiger partial charge in [0, 0.05) is 29.3 Å². The van der Waals surface area contributed by atoms with Gasteiger partial charge in [-0.3, -0.25) is 0 Å². The molecule has 0 amide bonds. The van der Waals surface area contributed by atoms with E-state index in [2.05, 4.69) is 17.3 Å². The Morgan fingerprint density at radius 1 is 1.35 bits per heavy atom. The van der Waals surface area contributed by atoms with Crippen molar-refractivity contribution in [2.45, 2.75) is 13.8 Å². The number of ether oxygens (including phenoxy) is 1. The van der Waals surface area contributed by atoms with Gasteiger partial charge in [0.25, 0.3) is 0 Å². The van der Waals surface area contributed by atoms with Gasteiger partial charge in [-0.05, 0) is 30.5 Å². The molecular weight excluding hydrogens is 313 g/mol. The van der Waals surface area contributed by atoms with Crippen LogP contribution in [0.1, 0.15) is 13.8 Å². The molecule has 0 fully saturated rings. The molecular formula is C17H24FN3OS. The highest BCUT2D eigenvalue weighted by Gasteiger charge is 2.01. The molecule has 2 rings (SSSR count). The first-order valence-corrected chi connectivity index (χ1v) is 8.06. The minimum Gasteiger partial charge on any atom is -0.489 e. The van der Waals surface area contributed by atoms with Crippen molar-refractivity contribution < 1.29 is 9.13 Å². The van der Waals surface area contributed by atoms with E-state index < -0.39 is 0 Å². The predicted molar refractivity (Wildman–Crippen MR) is 97.0 cm³/mol. The highest BCUT2D eigenvalue weighted by atomic mass is 32.1. The number of benzene rings is 1. The van der Waals surface area contributed by atoms with Crippen LogP contribution in [0, 0.1) is 0 Å². The van der Waals surface area contributed by atoms with Crippen molar-refractivity contribution in [2.24, 2.45) is 11.5 Å². The van der Waals surface area contributed by atoms with E-state index in [-0.39, 0.29) is 13.2 Å². The Bertz CT molecular complexity index is 554. The van der Waals surface area contributed by atoms with Crippen LogP contribution in [0.15, 0.2) is 60.5 Å². The normalized spacial score (nSPS) is 9.83. The maximum atomic E-state index is 12.3. The van der Waals surface area contributed by atoms with Gasteiger partial charge in [-0.15, -0.1) is 11.3 Å². The third-order valence-electron chi connectivity index (χ3n) is 2.37. The molecule has 126 valence electrons. The minimum atomic E-state index is 0.160. The van der Waals surface area contributed by atoms with Crippen molar-refractivity contribution in [3.63, 3.8) is 0 Å². The molecule has 4 nitrogen and oxygen atoms in total. The van der Waals surface area contributed by atoms with Gasteiger partial charge in [0.2, 0.25) is 0 Å². The van der Waals surface area contributed by atoms with E-state index in [4.69, 9.17) is 10.5 Å². The molecule has 4 N–H and O–H groups in total. The molecule has 0 saturated heterocycles. The Morgan fingerprint density at radius 2 is 1.96 bits per heavy atom. The van der Waals surface area contributed by atoms with Gasteiger partial charge in [-0.1, -0.05) is 20.4 Å². The second kappa shape index (κ2) is 13.5. The lowest BCUT2D eigenvalue weighted by Gasteiger charge is -2.07. The van der Waals surface area contributed by atoms with Crippen LogP contribution in [0.25, 0.3) is 10.6 Å². The Labute approximate surface area is 141 Å². The largest absolute Gasteiger partial charge is 0.489 e. The van der Waals surface area contributed by atoms with Crippen LogP contribution in [0.2, 0.25) is 0 Å². The third kappa shape index (κ3) is 8.13. The fourth-order valence-corrected chi connectivity index (χ4v) is 2.02. The van der Waals surface area contributed by atoms with Gasteiger partial charge in [-0.2, -0.15) is 0 Å². The zero-order valence-corrected chi connectivity index (χ0v) is 14.4. The Hall–Kier alpha value is -2.18. The molecule has 23 heavy (non-hydrogen) atoms. The molecule has 0 radical (unpaired) electrons. The van der Waals surface area contributed by atoms with Gasteiger partial charge < -0.3 is 16.2 Å². The summed E-state index contributed by atoms with van der Waals surface area (Å²) in [4.78, 5) is 4.22. The molecule has 0 atom stereocenters. The highest BCUT2D eigenvalue weighted by Crippen LogP contribution is 2.24. The highest BCUT2D eigenvalue weighted by molar-refractivity contribution is 7.13. The number of nitrogens with zero attached hydrogens (tertiary/aromatic N) is 1. The van der Waals surface area contributed by atoms with Crippen LogP contribution >= 0.6 is 11.3 Å². The fraction of sp³-hybridized carbons (Fsp3) is 0.235. The van der Waals surface area contributed by atoms with Crippen LogP contribution in [0.4, 0.5) is 4.39 Å². The first-order chi connectivity index (χ1) is 11.2. The Balaban J connectivity index is 0.000000868. The van der Waals surface area contributed by atoms with Crippen LogP contribution in [0.3, 0.4) is 0 Å². The van der Waals surface area contributed by atoms with Crippen molar-refractivity contribution in [1.82, 2.24) is 4.98 Å². The molecule has 2 aromatic rings. The molecule has 0 aliphatic carbocycles. The molecule has 0 bridgehead atoms. The van der Waals surface area contributed by atoms with Crippen molar-refractivity contribution in [1.29, 1.82) is 0 Å². The quantitative estimate of drug-likeness (QED) is 0.861. The average molecular weight is 337 g/mol. The molecule has 1 aromatic carbocycles. The maximum Gasteiger partial charge on any atom is 0.123 e. The van der Waals surface area contributed by atoms with Crippen LogP contribution < -0.4 is 16.2 Å². The Morgan fingerprint density at radius 3 is 2.39 bits per heavy atom. The fourth-order valence-electron chi connectivity index (χ4n) is 1.37. The molecule has 0 aliphatic rings. The van der Waals surface area contributed by atoms with Gasteiger partial charge in [0.05, 0.1) is 6.33 Å². The molecule has 1 heterocycles. The van der Waals surface area contributed by atoms with E-state index >= 15 is 0 Å². The average Bonchev–Trinajstić information content (AvgIpc) is 3.13. The summed E-state index contributed by atoms with van der Waals surface area (Å²) in [7, 11) is 0. The summed E-state index contributed by atoms with van der Waals surface area (Å²) in [5.74, 6) is 0.683. The van der Waals surface area contributed by atoms with E-state index in [0.29, 0.717) is 17.7 Å². The van der Waals surface area contributed by atoms with Gasteiger partial charge in [0.1, 0.15) is 17.4 Å². The van der Waals surface area contributed by atoms with Crippen molar-refractivity contribution in [2.75, 3.05) is 13.2 Å². The first kappa shape index (κ1) is 20.8. The number of hydrogen-bond donors (Lipinski definition) is 2. The topological polar surface area (TPSA) is 74.2 Å². The SMILES string of the molecule is C=CN.CC.NC/C(=C\F)COc1ccc(-c2nccs2)cc1. The van der Waals surface area contributed by atoms with E-state index in [1.165, 1.54) is 6.20 Å². The summed E-state index contributed by atoms with van der Waals surface area (Å²) in [5, 5.41) is 2.90. The Kier molecular flexibility index (Phi) is 12.2. The summed E-state index contributed by atoms with van der Waals surface area (Å²) in [5.41, 5.74) is 11.4. The summed E-state index contributed by atoms with van der Waals surface area (Å²) in [6, 6.07) is 7.52. The standard InChI is InChI=1S/C13H13FN2OS.C2H5N.C2H6/c14-7-10(8-15)9-17-12-3-1-11(2-4-12)13-16-5-6-18-13;1-2-3;1-2/h1-7H,8-9,15H2;2H,1,3H2;1-2H3/b10-7+;;. The molecule has 6 heteroatoms. The maximum absolute atomic E-state index is 12.3. The lowest BCUT2D eigenvalue weighted by molar-refractivity contribution is 0.347. The molecule has 0 spiro atoms. The van der Waals surface area contributed by atoms with Crippen LogP contribution in [-0.2, 0) is 0 Å². The second-order valence-corrected chi connectivity index (χ2v) is 4.75. The molecule has 0 aliphatic heterocycles. The molecule has 0 unspecified atom stereocenters. The lowest BCUT2D eigenvalue weighted by atomic mass is 10.2.